The van der Waals surface area contributed by atoms with Crippen molar-refractivity contribution in [3.05, 3.63) is 36.0 Å². The van der Waals surface area contributed by atoms with Crippen molar-refractivity contribution >= 4 is 29.7 Å². The molecule has 2 saturated heterocycles. The third kappa shape index (κ3) is 6.17. The largest absolute Gasteiger partial charge is 0.463 e. The number of allylic oxidation sites excluding steroid dienone is 3. The van der Waals surface area contributed by atoms with Gasteiger partial charge in [-0.1, -0.05) is 37.6 Å². The van der Waals surface area contributed by atoms with Gasteiger partial charge < -0.3 is 29.0 Å². The zero-order valence-electron chi connectivity index (χ0n) is 25.9. The number of hydrogen-bond acceptors (Lipinski definition) is 11. The van der Waals surface area contributed by atoms with Crippen LogP contribution in [0.2, 0.25) is 0 Å². The number of hydrogen-bond donors (Lipinski definition) is 3. The van der Waals surface area contributed by atoms with Gasteiger partial charge in [0.2, 0.25) is 11.8 Å². The Morgan fingerprint density at radius 3 is 2.44 bits per heavy atom. The second kappa shape index (κ2) is 13.1. The maximum Gasteiger partial charge on any atom is 0.331 e. The minimum atomic E-state index is -1.08. The molecule has 0 unspecified atom stereocenters. The first-order valence-corrected chi connectivity index (χ1v) is 15.5. The second-order valence-corrected chi connectivity index (χ2v) is 12.9. The Labute approximate surface area is 261 Å². The molecule has 5 rings (SSSR count). The smallest absolute Gasteiger partial charge is 0.331 e. The summed E-state index contributed by atoms with van der Waals surface area (Å²) in [5.74, 6) is -3.46. The Kier molecular flexibility index (Phi) is 9.52. The van der Waals surface area contributed by atoms with E-state index in [1.807, 2.05) is 13.8 Å². The van der Waals surface area contributed by atoms with E-state index in [0.717, 1.165) is 12.0 Å². The lowest BCUT2D eigenvalue weighted by Crippen LogP contribution is -2.67. The van der Waals surface area contributed by atoms with Crippen LogP contribution in [0.1, 0.15) is 65.7 Å². The normalized spacial score (nSPS) is 39.5. The number of carbonyl (C=O) groups excluding carboxylic acids is 5. The maximum atomic E-state index is 13.8. The van der Waals surface area contributed by atoms with Crippen molar-refractivity contribution in [2.75, 3.05) is 19.8 Å². The van der Waals surface area contributed by atoms with Crippen molar-refractivity contribution in [1.29, 1.82) is 0 Å². The highest BCUT2D eigenvalue weighted by Crippen LogP contribution is 2.72. The highest BCUT2D eigenvalue weighted by atomic mass is 16.6. The zero-order valence-corrected chi connectivity index (χ0v) is 25.9. The zero-order chi connectivity index (χ0) is 32.4. The van der Waals surface area contributed by atoms with E-state index in [2.05, 4.69) is 11.4 Å². The summed E-state index contributed by atoms with van der Waals surface area (Å²) in [6.45, 7) is 6.16. The van der Waals surface area contributed by atoms with Crippen LogP contribution in [0.15, 0.2) is 36.0 Å². The quantitative estimate of drug-likeness (QED) is 0.101. The van der Waals surface area contributed by atoms with Gasteiger partial charge in [0, 0.05) is 36.8 Å². The van der Waals surface area contributed by atoms with Crippen molar-refractivity contribution in [1.82, 2.24) is 10.8 Å². The van der Waals surface area contributed by atoms with Gasteiger partial charge in [0.05, 0.1) is 30.8 Å². The minimum Gasteiger partial charge on any atom is -0.463 e. The summed E-state index contributed by atoms with van der Waals surface area (Å²) in [5.41, 5.74) is 0.417. The van der Waals surface area contributed by atoms with Crippen molar-refractivity contribution in [2.45, 2.75) is 95.7 Å². The summed E-state index contributed by atoms with van der Waals surface area (Å²) in [5, 5.41) is 11.5. The fourth-order valence-corrected chi connectivity index (χ4v) is 7.58. The number of epoxide rings is 1. The Bertz CT molecular complexity index is 1300. The first-order valence-electron chi connectivity index (χ1n) is 15.5. The Balaban J connectivity index is 1.45. The molecule has 1 saturated carbocycles. The summed E-state index contributed by atoms with van der Waals surface area (Å²) in [6, 6.07) is -1.08. The number of rotatable bonds is 5. The number of esters is 3. The molecular weight excluding hydrogens is 588 g/mol. The van der Waals surface area contributed by atoms with Gasteiger partial charge in [-0.05, 0) is 38.5 Å². The van der Waals surface area contributed by atoms with Crippen molar-refractivity contribution in [3.63, 3.8) is 0 Å². The summed E-state index contributed by atoms with van der Waals surface area (Å²) in [6.07, 6.45) is 7.98. The van der Waals surface area contributed by atoms with Crippen LogP contribution in [0, 0.1) is 16.7 Å². The lowest BCUT2D eigenvalue weighted by atomic mass is 9.51. The van der Waals surface area contributed by atoms with E-state index in [1.54, 1.807) is 6.92 Å². The van der Waals surface area contributed by atoms with Crippen LogP contribution in [-0.4, -0.2) is 84.7 Å². The van der Waals surface area contributed by atoms with Gasteiger partial charge in [0.25, 0.3) is 0 Å². The molecule has 3 N–H and O–H groups in total. The topological polar surface area (TPSA) is 179 Å². The fraction of sp³-hybridized carbons (Fsp3) is 0.656. The molecule has 3 aliphatic heterocycles. The molecule has 13 nitrogen and oxygen atoms in total. The molecule has 5 aliphatic rings. The average molecular weight is 631 g/mol. The fourth-order valence-electron chi connectivity index (χ4n) is 7.58. The number of amides is 2. The van der Waals surface area contributed by atoms with Gasteiger partial charge in [-0.2, -0.15) is 0 Å². The second-order valence-electron chi connectivity index (χ2n) is 12.9. The molecular formula is C32H42N2O11. The SMILES string of the molecule is CC1=C[C@H]2O[C@@H]3C[C@H]4OC(=O)/C=C\C=C\C(=O)OCC[C@@H](C)[C@@H](NC(=O)CCCC(=O)NO)C(=O)OC[C@@]2(CC1)[C@]4(C)[C@]31CO1. The number of nitrogens with one attached hydrogen (secondary N) is 2. The molecule has 8 atom stereocenters. The van der Waals surface area contributed by atoms with E-state index in [0.29, 0.717) is 19.4 Å². The van der Waals surface area contributed by atoms with Gasteiger partial charge in [0.15, 0.2) is 0 Å². The van der Waals surface area contributed by atoms with Crippen LogP contribution in [-0.2, 0) is 47.7 Å². The first-order chi connectivity index (χ1) is 21.5. The van der Waals surface area contributed by atoms with Crippen LogP contribution in [0.5, 0.6) is 0 Å². The van der Waals surface area contributed by atoms with Crippen LogP contribution < -0.4 is 10.8 Å². The molecule has 0 aromatic rings. The van der Waals surface area contributed by atoms with Crippen molar-refractivity contribution in [3.8, 4) is 0 Å². The summed E-state index contributed by atoms with van der Waals surface area (Å²) in [4.78, 5) is 63.2. The van der Waals surface area contributed by atoms with E-state index >= 15 is 0 Å². The van der Waals surface area contributed by atoms with Crippen molar-refractivity contribution < 1.29 is 52.9 Å². The highest BCUT2D eigenvalue weighted by Gasteiger charge is 2.83. The molecule has 0 aromatic carbocycles. The van der Waals surface area contributed by atoms with Gasteiger partial charge in [-0.15, -0.1) is 0 Å². The van der Waals surface area contributed by atoms with E-state index < -0.39 is 70.3 Å². The Morgan fingerprint density at radius 2 is 1.73 bits per heavy atom. The van der Waals surface area contributed by atoms with Crippen LogP contribution in [0.25, 0.3) is 0 Å². The van der Waals surface area contributed by atoms with Crippen LogP contribution in [0.3, 0.4) is 0 Å². The summed E-state index contributed by atoms with van der Waals surface area (Å²) >= 11 is 0. The molecule has 0 radical (unpaired) electrons. The standard InChI is InChI=1S/C32H42N2O11/c1-19-11-13-31-17-42-29(39)28(33-24(35)7-6-8-25(36)34-40)20(2)12-14-41-26(37)9-4-5-10-27(38)45-21-16-23(44-22(31)15-19)32(18-43-32)30(21,31)3/h4-5,9-10,15,20-23,28,40H,6-8,11-14,16-18H2,1-3H3,(H,33,35)(H,34,36)/b9-4+,10-5-/t20-,21-,22-,23-,28-,30-,31-,32+/m1/s1. The monoisotopic (exact) mass is 630 g/mol. The Morgan fingerprint density at radius 1 is 1.02 bits per heavy atom. The molecule has 246 valence electrons. The number of carbonyl (C=O) groups is 5. The van der Waals surface area contributed by atoms with Crippen LogP contribution in [0.4, 0.5) is 0 Å². The van der Waals surface area contributed by atoms with Gasteiger partial charge in [0.1, 0.15) is 24.4 Å². The molecule has 2 bridgehead atoms. The van der Waals surface area contributed by atoms with Gasteiger partial charge in [-0.25, -0.2) is 19.9 Å². The average Bonchev–Trinajstić information content (AvgIpc) is 3.79. The van der Waals surface area contributed by atoms with E-state index in [9.17, 15) is 24.0 Å². The molecule has 2 spiro atoms. The Hall–Kier alpha value is -3.55. The van der Waals surface area contributed by atoms with E-state index in [-0.39, 0.29) is 45.0 Å². The summed E-state index contributed by atoms with van der Waals surface area (Å²) < 4.78 is 30.2. The predicted molar refractivity (Wildman–Crippen MR) is 155 cm³/mol. The van der Waals surface area contributed by atoms with Gasteiger partial charge in [-0.3, -0.25) is 14.8 Å². The molecule has 3 fully saturated rings. The molecule has 2 aliphatic carbocycles. The third-order valence-electron chi connectivity index (χ3n) is 10.4. The van der Waals surface area contributed by atoms with Gasteiger partial charge >= 0.3 is 17.9 Å². The number of hydroxylamine groups is 1. The van der Waals surface area contributed by atoms with E-state index in [4.69, 9.17) is 28.9 Å². The molecule has 45 heavy (non-hydrogen) atoms. The number of cyclic esters (lactones) is 2. The third-order valence-corrected chi connectivity index (χ3v) is 10.4. The van der Waals surface area contributed by atoms with E-state index in [1.165, 1.54) is 29.8 Å². The number of ether oxygens (including phenoxy) is 5. The predicted octanol–water partition coefficient (Wildman–Crippen LogP) is 1.97. The molecule has 3 heterocycles. The maximum absolute atomic E-state index is 13.8. The minimum absolute atomic E-state index is 0.0304. The lowest BCUT2D eigenvalue weighted by Gasteiger charge is -2.58. The molecule has 13 heteroatoms. The molecule has 0 aromatic heterocycles. The summed E-state index contributed by atoms with van der Waals surface area (Å²) in [7, 11) is 0. The molecule has 2 amide bonds. The highest BCUT2D eigenvalue weighted by molar-refractivity contribution is 5.86. The van der Waals surface area contributed by atoms with Crippen molar-refractivity contribution in [2.24, 2.45) is 16.7 Å². The lowest BCUT2D eigenvalue weighted by molar-refractivity contribution is -0.233. The van der Waals surface area contributed by atoms with Crippen LogP contribution >= 0.6 is 0 Å². The first kappa shape index (κ1) is 32.8.